The fourth-order valence-electron chi connectivity index (χ4n) is 2.64. The zero-order valence-corrected chi connectivity index (χ0v) is 14.6. The van der Waals surface area contributed by atoms with E-state index in [1.165, 1.54) is 82.0 Å². The molecule has 0 rings (SSSR count). The van der Waals surface area contributed by atoms with Crippen LogP contribution in [0.3, 0.4) is 0 Å². The van der Waals surface area contributed by atoms with Crippen molar-refractivity contribution in [1.29, 1.82) is 0 Å². The Morgan fingerprint density at radius 2 is 0.864 bits per heavy atom. The molecule has 0 spiro atoms. The minimum Gasteiger partial charge on any atom is -0.356 e. The average Bonchev–Trinajstić information content (AvgIpc) is 2.45. The molecule has 0 fully saturated rings. The number of nitrogens with zero attached hydrogens (tertiary/aromatic N) is 2. The van der Waals surface area contributed by atoms with E-state index >= 15 is 0 Å². The zero-order chi connectivity index (χ0) is 16.6. The van der Waals surface area contributed by atoms with Gasteiger partial charge < -0.3 is 19.8 Å². The van der Waals surface area contributed by atoms with Gasteiger partial charge in [0, 0.05) is 0 Å². The quantitative estimate of drug-likeness (QED) is 0.238. The van der Waals surface area contributed by atoms with Gasteiger partial charge in [0.2, 0.25) is 0 Å². The second-order valence-corrected chi connectivity index (χ2v) is 5.87. The van der Waals surface area contributed by atoms with Crippen LogP contribution in [0.15, 0.2) is 0 Å². The summed E-state index contributed by atoms with van der Waals surface area (Å²) in [6.07, 6.45) is 11.1. The number of quaternary nitrogens is 1. The Kier molecular flexibility index (Phi) is 22.0. The maximum Gasteiger partial charge on any atom is 0.0786 e. The smallest absolute Gasteiger partial charge is 0.0786 e. The molecule has 22 heavy (non-hydrogen) atoms. The Morgan fingerprint density at radius 1 is 0.682 bits per heavy atom. The van der Waals surface area contributed by atoms with E-state index in [0.717, 1.165) is 0 Å². The van der Waals surface area contributed by atoms with E-state index < -0.39 is 5.09 Å². The lowest BCUT2D eigenvalue weighted by Crippen LogP contribution is -2.50. The van der Waals surface area contributed by atoms with Crippen molar-refractivity contribution >= 4 is 11.0 Å². The standard InChI is InChI=1S/C16H36N.NO3.H4Si/c1-5-9-13-17(14-10-6-2,15-11-7-3)16-12-8-4;2-1(3)4;/h5-16H2,1-4H3;;1H4/q+1;-1;. The minimum absolute atomic E-state index is 0. The third-order valence-corrected chi connectivity index (χ3v) is 3.94. The number of rotatable bonds is 12. The predicted octanol–water partition coefficient (Wildman–Crippen LogP) is 3.31. The lowest BCUT2D eigenvalue weighted by molar-refractivity contribution is -0.929. The van der Waals surface area contributed by atoms with Gasteiger partial charge in [-0.1, -0.05) is 53.4 Å². The second-order valence-electron chi connectivity index (χ2n) is 5.87. The van der Waals surface area contributed by atoms with Crippen LogP contribution in [0.1, 0.15) is 79.1 Å². The van der Waals surface area contributed by atoms with Crippen molar-refractivity contribution in [2.24, 2.45) is 0 Å². The molecule has 0 aliphatic carbocycles. The minimum atomic E-state index is -1.75. The molecular formula is C16H40N2O3Si. The van der Waals surface area contributed by atoms with Gasteiger partial charge in [0.1, 0.15) is 0 Å². The number of unbranched alkanes of at least 4 members (excludes halogenated alkanes) is 4. The van der Waals surface area contributed by atoms with Crippen molar-refractivity contribution in [1.82, 2.24) is 0 Å². The van der Waals surface area contributed by atoms with Crippen LogP contribution >= 0.6 is 0 Å². The van der Waals surface area contributed by atoms with E-state index in [1.54, 1.807) is 0 Å². The first-order valence-corrected chi connectivity index (χ1v) is 8.64. The van der Waals surface area contributed by atoms with Gasteiger partial charge in [-0.3, -0.25) is 0 Å². The predicted molar refractivity (Wildman–Crippen MR) is 101 cm³/mol. The van der Waals surface area contributed by atoms with Gasteiger partial charge in [-0.05, 0) is 36.6 Å². The summed E-state index contributed by atoms with van der Waals surface area (Å²) in [4.78, 5) is 8.25. The van der Waals surface area contributed by atoms with Crippen molar-refractivity contribution < 1.29 is 9.57 Å². The Labute approximate surface area is 141 Å². The summed E-state index contributed by atoms with van der Waals surface area (Å²) < 4.78 is 1.42. The summed E-state index contributed by atoms with van der Waals surface area (Å²) in [6, 6.07) is 0. The van der Waals surface area contributed by atoms with Crippen LogP contribution in [-0.2, 0) is 0 Å². The Morgan fingerprint density at radius 3 is 1.00 bits per heavy atom. The zero-order valence-electron chi connectivity index (χ0n) is 14.6. The van der Waals surface area contributed by atoms with Gasteiger partial charge in [0.15, 0.2) is 0 Å². The van der Waals surface area contributed by atoms with Crippen LogP contribution in [0.2, 0.25) is 0 Å². The van der Waals surface area contributed by atoms with Crippen molar-refractivity contribution in [3.8, 4) is 0 Å². The molecule has 5 nitrogen and oxygen atoms in total. The topological polar surface area (TPSA) is 66.2 Å². The molecule has 0 saturated carbocycles. The Bertz CT molecular complexity index is 200. The highest BCUT2D eigenvalue weighted by Gasteiger charge is 2.24. The summed E-state index contributed by atoms with van der Waals surface area (Å²) >= 11 is 0. The van der Waals surface area contributed by atoms with Gasteiger partial charge in [-0.15, -0.1) is 0 Å². The maximum absolute atomic E-state index is 8.25. The fraction of sp³-hybridized carbons (Fsp3) is 1.00. The molecule has 6 heteroatoms. The third-order valence-electron chi connectivity index (χ3n) is 3.94. The van der Waals surface area contributed by atoms with Crippen LogP contribution < -0.4 is 0 Å². The summed E-state index contributed by atoms with van der Waals surface area (Å²) in [6.45, 7) is 15.0. The average molecular weight is 337 g/mol. The first-order chi connectivity index (χ1) is 9.97. The first-order valence-electron chi connectivity index (χ1n) is 8.64. The van der Waals surface area contributed by atoms with Gasteiger partial charge in [-0.25, -0.2) is 0 Å². The lowest BCUT2D eigenvalue weighted by Gasteiger charge is -2.39. The molecule has 0 unspecified atom stereocenters. The van der Waals surface area contributed by atoms with E-state index in [0.29, 0.717) is 0 Å². The van der Waals surface area contributed by atoms with E-state index in [4.69, 9.17) is 15.3 Å². The van der Waals surface area contributed by atoms with E-state index in [9.17, 15) is 0 Å². The van der Waals surface area contributed by atoms with Crippen LogP contribution in [0, 0.1) is 15.3 Å². The Balaban J connectivity index is -0.000000640. The molecule has 0 radical (unpaired) electrons. The van der Waals surface area contributed by atoms with Crippen molar-refractivity contribution in [2.75, 3.05) is 26.2 Å². The second kappa shape index (κ2) is 18.4. The molecule has 0 aliphatic heterocycles. The van der Waals surface area contributed by atoms with Crippen molar-refractivity contribution in [2.45, 2.75) is 79.1 Å². The summed E-state index contributed by atoms with van der Waals surface area (Å²) in [5.74, 6) is 0. The first kappa shape index (κ1) is 26.3. The van der Waals surface area contributed by atoms with Crippen LogP contribution in [0.25, 0.3) is 0 Å². The normalized spacial score (nSPS) is 10.4. The van der Waals surface area contributed by atoms with Gasteiger partial charge in [0.25, 0.3) is 0 Å². The molecule has 0 saturated heterocycles. The number of hydrogen-bond acceptors (Lipinski definition) is 3. The van der Waals surface area contributed by atoms with Gasteiger partial charge >= 0.3 is 0 Å². The Hall–Kier alpha value is -0.623. The molecule has 0 bridgehead atoms. The molecule has 0 aromatic rings. The molecule has 0 aromatic carbocycles. The van der Waals surface area contributed by atoms with Crippen LogP contribution in [-0.4, -0.2) is 46.7 Å². The molecule has 0 N–H and O–H groups in total. The molecule has 136 valence electrons. The van der Waals surface area contributed by atoms with Crippen LogP contribution in [0.5, 0.6) is 0 Å². The van der Waals surface area contributed by atoms with E-state index in [1.807, 2.05) is 0 Å². The molecule has 0 aromatic heterocycles. The van der Waals surface area contributed by atoms with Crippen LogP contribution in [0.4, 0.5) is 0 Å². The number of hydrogen-bond donors (Lipinski definition) is 0. The van der Waals surface area contributed by atoms with Gasteiger partial charge in [-0.2, -0.15) is 0 Å². The van der Waals surface area contributed by atoms with Gasteiger partial charge in [0.05, 0.1) is 31.3 Å². The van der Waals surface area contributed by atoms with Crippen molar-refractivity contribution in [3.05, 3.63) is 15.3 Å². The summed E-state index contributed by atoms with van der Waals surface area (Å²) in [5, 5.41) is 14.8. The molecule has 0 atom stereocenters. The summed E-state index contributed by atoms with van der Waals surface area (Å²) in [7, 11) is 0. The summed E-state index contributed by atoms with van der Waals surface area (Å²) in [5.41, 5.74) is 0. The van der Waals surface area contributed by atoms with Crippen molar-refractivity contribution in [3.63, 3.8) is 0 Å². The van der Waals surface area contributed by atoms with E-state index in [2.05, 4.69) is 27.7 Å². The lowest BCUT2D eigenvalue weighted by atomic mass is 10.1. The molecule has 0 heterocycles. The highest BCUT2D eigenvalue weighted by molar-refractivity contribution is 5.75. The molecule has 0 amide bonds. The maximum atomic E-state index is 8.25. The SMILES string of the molecule is CCCC[N+](CCCC)(CCCC)CCCC.O=[N+]([O-])[O-].[SiH4]. The monoisotopic (exact) mass is 336 g/mol. The fourth-order valence-corrected chi connectivity index (χ4v) is 2.64. The third kappa shape index (κ3) is 17.4. The molecule has 0 aliphatic rings. The van der Waals surface area contributed by atoms with E-state index in [-0.39, 0.29) is 11.0 Å². The highest BCUT2D eigenvalue weighted by atomic mass is 28.1. The largest absolute Gasteiger partial charge is 0.356 e. The highest BCUT2D eigenvalue weighted by Crippen LogP contribution is 2.16. The molecular weight excluding hydrogens is 296 g/mol.